The van der Waals surface area contributed by atoms with Crippen LogP contribution in [0.4, 0.5) is 14.5 Å². The Bertz CT molecular complexity index is 893. The summed E-state index contributed by atoms with van der Waals surface area (Å²) in [5.41, 5.74) is 1.30. The van der Waals surface area contributed by atoms with E-state index in [1.165, 1.54) is 23.9 Å². The smallest absolute Gasteiger partial charge is 0.387 e. The van der Waals surface area contributed by atoms with Crippen LogP contribution >= 0.6 is 11.8 Å². The number of carbonyl (C=O) groups excluding carboxylic acids is 1. The lowest BCUT2D eigenvalue weighted by atomic mass is 10.1. The molecule has 1 amide bonds. The van der Waals surface area contributed by atoms with Gasteiger partial charge in [-0.05, 0) is 42.0 Å². The van der Waals surface area contributed by atoms with Gasteiger partial charge in [0.05, 0.1) is 6.42 Å². The topological polar surface area (TPSA) is 64.1 Å². The minimum absolute atomic E-state index is 0.0551. The first-order valence-corrected chi connectivity index (χ1v) is 8.79. The van der Waals surface area contributed by atoms with Crippen molar-refractivity contribution in [2.75, 3.05) is 5.32 Å². The van der Waals surface area contributed by atoms with Crippen LogP contribution in [0.3, 0.4) is 0 Å². The van der Waals surface area contributed by atoms with E-state index >= 15 is 0 Å². The number of hydrogen-bond acceptors (Lipinski definition) is 5. The van der Waals surface area contributed by atoms with Crippen LogP contribution in [0.25, 0.3) is 0 Å². The van der Waals surface area contributed by atoms with E-state index in [2.05, 4.69) is 20.0 Å². The summed E-state index contributed by atoms with van der Waals surface area (Å²) in [6.07, 6.45) is 3.42. The Hall–Kier alpha value is -3.00. The highest BCUT2D eigenvalue weighted by molar-refractivity contribution is 7.99. The summed E-state index contributed by atoms with van der Waals surface area (Å²) in [5, 5.41) is 4.31. The van der Waals surface area contributed by atoms with Crippen LogP contribution in [0.2, 0.25) is 0 Å². The SMILES string of the molecule is O=C(Cc1ccc(OC(F)F)cc1)Nc1ccnc(Sc2ccccn2)c1. The van der Waals surface area contributed by atoms with Crippen molar-refractivity contribution in [1.82, 2.24) is 9.97 Å². The first-order valence-electron chi connectivity index (χ1n) is 7.97. The third kappa shape index (κ3) is 6.03. The molecule has 0 fully saturated rings. The minimum Gasteiger partial charge on any atom is -0.435 e. The molecule has 0 unspecified atom stereocenters. The maximum absolute atomic E-state index is 12.2. The van der Waals surface area contributed by atoms with Crippen molar-refractivity contribution in [2.24, 2.45) is 0 Å². The van der Waals surface area contributed by atoms with Crippen molar-refractivity contribution in [2.45, 2.75) is 23.1 Å². The molecular formula is C19H15F2N3O2S. The van der Waals surface area contributed by atoms with Gasteiger partial charge < -0.3 is 10.1 Å². The van der Waals surface area contributed by atoms with Gasteiger partial charge >= 0.3 is 6.61 Å². The molecule has 0 aliphatic rings. The number of aromatic nitrogens is 2. The maximum atomic E-state index is 12.2. The number of pyridine rings is 2. The number of ether oxygens (including phenoxy) is 1. The van der Waals surface area contributed by atoms with E-state index in [-0.39, 0.29) is 18.1 Å². The van der Waals surface area contributed by atoms with E-state index in [0.717, 1.165) is 5.03 Å². The summed E-state index contributed by atoms with van der Waals surface area (Å²) >= 11 is 1.39. The van der Waals surface area contributed by atoms with Gasteiger partial charge in [-0.25, -0.2) is 9.97 Å². The van der Waals surface area contributed by atoms with Gasteiger partial charge in [0.25, 0.3) is 0 Å². The molecule has 1 aromatic carbocycles. The number of halogens is 2. The van der Waals surface area contributed by atoms with E-state index < -0.39 is 6.61 Å². The molecule has 0 aliphatic heterocycles. The van der Waals surface area contributed by atoms with Gasteiger partial charge in [-0.15, -0.1) is 0 Å². The molecule has 138 valence electrons. The average molecular weight is 387 g/mol. The zero-order chi connectivity index (χ0) is 19.1. The van der Waals surface area contributed by atoms with E-state index in [4.69, 9.17) is 0 Å². The van der Waals surface area contributed by atoms with Crippen LogP contribution in [0.1, 0.15) is 5.56 Å². The van der Waals surface area contributed by atoms with Gasteiger partial charge in [-0.1, -0.05) is 30.0 Å². The molecule has 3 aromatic rings. The highest BCUT2D eigenvalue weighted by Gasteiger charge is 2.08. The Balaban J connectivity index is 1.58. The van der Waals surface area contributed by atoms with Crippen molar-refractivity contribution in [3.8, 4) is 5.75 Å². The van der Waals surface area contributed by atoms with Crippen molar-refractivity contribution in [3.63, 3.8) is 0 Å². The van der Waals surface area contributed by atoms with Crippen molar-refractivity contribution >= 4 is 23.4 Å². The number of rotatable bonds is 7. The Kier molecular flexibility index (Phi) is 6.32. The third-order valence-corrected chi connectivity index (χ3v) is 4.26. The zero-order valence-electron chi connectivity index (χ0n) is 14.0. The normalized spacial score (nSPS) is 10.6. The summed E-state index contributed by atoms with van der Waals surface area (Å²) in [6, 6.07) is 15.0. The van der Waals surface area contributed by atoms with Crippen LogP contribution in [-0.4, -0.2) is 22.5 Å². The molecule has 0 saturated heterocycles. The molecule has 0 saturated carbocycles. The molecule has 3 rings (SSSR count). The molecule has 27 heavy (non-hydrogen) atoms. The summed E-state index contributed by atoms with van der Waals surface area (Å²) < 4.78 is 28.6. The first kappa shape index (κ1) is 18.8. The first-order chi connectivity index (χ1) is 13.1. The largest absolute Gasteiger partial charge is 0.435 e. The fourth-order valence-corrected chi connectivity index (χ4v) is 3.01. The Morgan fingerprint density at radius 3 is 2.52 bits per heavy atom. The van der Waals surface area contributed by atoms with Crippen LogP contribution in [0, 0.1) is 0 Å². The second-order valence-corrected chi connectivity index (χ2v) is 6.44. The molecule has 2 heterocycles. The number of nitrogens with one attached hydrogen (secondary N) is 1. The van der Waals surface area contributed by atoms with Gasteiger partial charge in [0.2, 0.25) is 5.91 Å². The number of carbonyl (C=O) groups is 1. The van der Waals surface area contributed by atoms with Gasteiger partial charge in [-0.3, -0.25) is 4.79 Å². The Morgan fingerprint density at radius 1 is 1.04 bits per heavy atom. The van der Waals surface area contributed by atoms with Crippen LogP contribution in [-0.2, 0) is 11.2 Å². The molecular weight excluding hydrogens is 372 g/mol. The number of anilines is 1. The Morgan fingerprint density at radius 2 is 1.81 bits per heavy atom. The molecule has 0 radical (unpaired) electrons. The maximum Gasteiger partial charge on any atom is 0.387 e. The number of alkyl halides is 2. The van der Waals surface area contributed by atoms with E-state index in [0.29, 0.717) is 16.3 Å². The lowest BCUT2D eigenvalue weighted by molar-refractivity contribution is -0.115. The van der Waals surface area contributed by atoms with Crippen LogP contribution < -0.4 is 10.1 Å². The van der Waals surface area contributed by atoms with Crippen molar-refractivity contribution in [1.29, 1.82) is 0 Å². The lowest BCUT2D eigenvalue weighted by Crippen LogP contribution is -2.14. The third-order valence-electron chi connectivity index (χ3n) is 3.38. The number of hydrogen-bond donors (Lipinski definition) is 1. The molecule has 0 aliphatic carbocycles. The lowest BCUT2D eigenvalue weighted by Gasteiger charge is -2.08. The van der Waals surface area contributed by atoms with E-state index in [1.807, 2.05) is 18.2 Å². The van der Waals surface area contributed by atoms with Gasteiger partial charge in [0, 0.05) is 18.1 Å². The van der Waals surface area contributed by atoms with Gasteiger partial charge in [0.1, 0.15) is 15.8 Å². The van der Waals surface area contributed by atoms with E-state index in [9.17, 15) is 13.6 Å². The highest BCUT2D eigenvalue weighted by Crippen LogP contribution is 2.25. The molecule has 5 nitrogen and oxygen atoms in total. The van der Waals surface area contributed by atoms with Crippen LogP contribution in [0.5, 0.6) is 5.75 Å². The summed E-state index contributed by atoms with van der Waals surface area (Å²) in [7, 11) is 0. The second kappa shape index (κ2) is 9.09. The predicted molar refractivity (Wildman–Crippen MR) is 98.0 cm³/mol. The number of nitrogens with zero attached hydrogens (tertiary/aromatic N) is 2. The molecule has 0 atom stereocenters. The van der Waals surface area contributed by atoms with Crippen LogP contribution in [0.15, 0.2) is 77.0 Å². The number of amides is 1. The van der Waals surface area contributed by atoms with Crippen molar-refractivity contribution in [3.05, 3.63) is 72.6 Å². The fraction of sp³-hybridized carbons (Fsp3) is 0.105. The molecule has 8 heteroatoms. The molecule has 0 spiro atoms. The fourth-order valence-electron chi connectivity index (χ4n) is 2.24. The second-order valence-electron chi connectivity index (χ2n) is 5.40. The summed E-state index contributed by atoms with van der Waals surface area (Å²) in [5.74, 6) is -0.169. The van der Waals surface area contributed by atoms with Gasteiger partial charge in [-0.2, -0.15) is 8.78 Å². The monoisotopic (exact) mass is 387 g/mol. The van der Waals surface area contributed by atoms with E-state index in [1.54, 1.807) is 36.7 Å². The standard InChI is InChI=1S/C19H15F2N3O2S/c20-19(21)26-15-6-4-13(5-7-15)11-16(25)24-14-8-10-23-18(12-14)27-17-3-1-2-9-22-17/h1-10,12,19H,11H2,(H,23,24,25). The summed E-state index contributed by atoms with van der Waals surface area (Å²) in [6.45, 7) is -2.87. The van der Waals surface area contributed by atoms with Crippen molar-refractivity contribution < 1.29 is 18.3 Å². The summed E-state index contributed by atoms with van der Waals surface area (Å²) in [4.78, 5) is 20.7. The molecule has 2 aromatic heterocycles. The molecule has 1 N–H and O–H groups in total. The highest BCUT2D eigenvalue weighted by atomic mass is 32.2. The average Bonchev–Trinajstić information content (AvgIpc) is 2.64. The number of benzene rings is 1. The Labute approximate surface area is 158 Å². The quantitative estimate of drug-likeness (QED) is 0.651. The minimum atomic E-state index is -2.87. The molecule has 0 bridgehead atoms. The van der Waals surface area contributed by atoms with Gasteiger partial charge in [0.15, 0.2) is 0 Å². The predicted octanol–water partition coefficient (Wildman–Crippen LogP) is 4.41. The zero-order valence-corrected chi connectivity index (χ0v) is 14.8.